The van der Waals surface area contributed by atoms with Gasteiger partial charge in [-0.05, 0) is 25.1 Å². The lowest BCUT2D eigenvalue weighted by atomic mass is 9.77. The predicted molar refractivity (Wildman–Crippen MR) is 106 cm³/mol. The average Bonchev–Trinajstić information content (AvgIpc) is 3.00. The van der Waals surface area contributed by atoms with E-state index in [9.17, 15) is 35.9 Å². The van der Waals surface area contributed by atoms with Crippen LogP contribution in [0.25, 0.3) is 0 Å². The molecule has 0 saturated carbocycles. The van der Waals surface area contributed by atoms with E-state index < -0.39 is 59.7 Å². The van der Waals surface area contributed by atoms with Gasteiger partial charge in [-0.1, -0.05) is 13.0 Å². The minimum Gasteiger partial charge on any atom is -0.434 e. The van der Waals surface area contributed by atoms with Crippen LogP contribution >= 0.6 is 0 Å². The van der Waals surface area contributed by atoms with Gasteiger partial charge in [0.2, 0.25) is 0 Å². The van der Waals surface area contributed by atoms with Crippen LogP contribution in [0.4, 0.5) is 32.0 Å². The number of alkyl halides is 5. The van der Waals surface area contributed by atoms with E-state index in [1.54, 1.807) is 0 Å². The van der Waals surface area contributed by atoms with E-state index in [1.165, 1.54) is 6.07 Å². The molecular formula is C21H19F6N3O4. The Bertz CT molecular complexity index is 1100. The quantitative estimate of drug-likeness (QED) is 0.595. The van der Waals surface area contributed by atoms with E-state index in [4.69, 9.17) is 10.5 Å². The number of hydrogen-bond acceptors (Lipinski definition) is 5. The first-order chi connectivity index (χ1) is 15.7. The van der Waals surface area contributed by atoms with Crippen molar-refractivity contribution < 1.29 is 45.4 Å². The Kier molecular flexibility index (Phi) is 6.78. The second kappa shape index (κ2) is 9.12. The lowest BCUT2D eigenvalue weighted by Gasteiger charge is -2.32. The van der Waals surface area contributed by atoms with Crippen molar-refractivity contribution in [3.8, 4) is 5.75 Å². The first-order valence-electron chi connectivity index (χ1n) is 9.80. The number of rotatable bonds is 6. The monoisotopic (exact) mass is 491 g/mol. The third kappa shape index (κ3) is 4.79. The molecule has 1 aliphatic heterocycles. The number of amides is 2. The fraction of sp³-hybridized carbons (Fsp3) is 0.381. The van der Waals surface area contributed by atoms with Crippen molar-refractivity contribution >= 4 is 17.5 Å². The number of carbonyl (C=O) groups is 2. The molecule has 3 rings (SSSR count). The molecule has 3 N–H and O–H groups in total. The maximum atomic E-state index is 13.9. The number of anilines is 1. The number of pyridine rings is 1. The van der Waals surface area contributed by atoms with E-state index >= 15 is 0 Å². The summed E-state index contributed by atoms with van der Waals surface area (Å²) in [6.07, 6.45) is -5.66. The summed E-state index contributed by atoms with van der Waals surface area (Å²) in [5.74, 6) is -6.62. The second-order valence-corrected chi connectivity index (χ2v) is 7.80. The highest BCUT2D eigenvalue weighted by atomic mass is 19.4. The lowest BCUT2D eigenvalue weighted by molar-refractivity contribution is -0.272. The molecule has 0 radical (unpaired) electrons. The lowest BCUT2D eigenvalue weighted by Crippen LogP contribution is -2.47. The Morgan fingerprint density at radius 3 is 2.50 bits per heavy atom. The largest absolute Gasteiger partial charge is 0.434 e. The molecule has 0 bridgehead atoms. The van der Waals surface area contributed by atoms with E-state index in [-0.39, 0.29) is 16.9 Å². The number of nitrogens with two attached hydrogens (primary N) is 1. The molecule has 2 heterocycles. The van der Waals surface area contributed by atoms with Crippen molar-refractivity contribution in [2.24, 2.45) is 11.7 Å². The number of nitrogens with one attached hydrogen (secondary N) is 1. The van der Waals surface area contributed by atoms with Crippen LogP contribution in [0.2, 0.25) is 0 Å². The Morgan fingerprint density at radius 1 is 1.24 bits per heavy atom. The first kappa shape index (κ1) is 25.3. The van der Waals surface area contributed by atoms with Crippen LogP contribution in [0.3, 0.4) is 0 Å². The van der Waals surface area contributed by atoms with Gasteiger partial charge in [-0.3, -0.25) is 14.6 Å². The van der Waals surface area contributed by atoms with Crippen molar-refractivity contribution in [2.75, 3.05) is 5.32 Å². The minimum absolute atomic E-state index is 0.0208. The van der Waals surface area contributed by atoms with Crippen LogP contribution in [0.1, 0.15) is 35.8 Å². The molecule has 0 aliphatic carbocycles. The number of primary amides is 1. The van der Waals surface area contributed by atoms with E-state index in [2.05, 4.69) is 15.0 Å². The van der Waals surface area contributed by atoms with Crippen LogP contribution in [-0.4, -0.2) is 41.3 Å². The molecular weight excluding hydrogens is 472 g/mol. The standard InChI is InChI=1S/C21H19F6N3O4/c1-9-15(12-4-3-10(22)7-14(12)33-19(23)24)16(34-20(9,2)21(25,26)27)18(32)30-11-5-6-29-13(8-11)17(28)31/h3-9,15-16,19H,1-2H3,(H2,28,31)(H,29,30,32)/t9-,15-,16+,20-/m1/s1. The van der Waals surface area contributed by atoms with Crippen LogP contribution in [0.15, 0.2) is 36.5 Å². The number of carbonyl (C=O) groups excluding carboxylic acids is 2. The normalized spacial score (nSPS) is 24.8. The maximum Gasteiger partial charge on any atom is 0.417 e. The van der Waals surface area contributed by atoms with Gasteiger partial charge in [-0.2, -0.15) is 22.0 Å². The van der Waals surface area contributed by atoms with Gasteiger partial charge in [0.1, 0.15) is 23.4 Å². The third-order valence-corrected chi connectivity index (χ3v) is 5.76. The Morgan fingerprint density at radius 2 is 1.91 bits per heavy atom. The molecule has 7 nitrogen and oxygen atoms in total. The highest BCUT2D eigenvalue weighted by Gasteiger charge is 2.65. The summed E-state index contributed by atoms with van der Waals surface area (Å²) >= 11 is 0. The van der Waals surface area contributed by atoms with Gasteiger partial charge in [0, 0.05) is 35.3 Å². The highest BCUT2D eigenvalue weighted by Crippen LogP contribution is 2.54. The summed E-state index contributed by atoms with van der Waals surface area (Å²) in [6.45, 7) is -1.53. The van der Waals surface area contributed by atoms with Crippen molar-refractivity contribution in [3.63, 3.8) is 0 Å². The summed E-state index contributed by atoms with van der Waals surface area (Å²) in [7, 11) is 0. The zero-order valence-corrected chi connectivity index (χ0v) is 17.7. The van der Waals surface area contributed by atoms with Gasteiger partial charge >= 0.3 is 12.8 Å². The number of hydrogen-bond donors (Lipinski definition) is 2. The summed E-state index contributed by atoms with van der Waals surface area (Å²) < 4.78 is 90.9. The van der Waals surface area contributed by atoms with Crippen molar-refractivity contribution in [2.45, 2.75) is 44.3 Å². The fourth-order valence-electron chi connectivity index (χ4n) is 3.86. The maximum absolute atomic E-state index is 13.9. The zero-order valence-electron chi connectivity index (χ0n) is 17.7. The molecule has 1 aliphatic rings. The van der Waals surface area contributed by atoms with Gasteiger partial charge < -0.3 is 20.5 Å². The minimum atomic E-state index is -4.95. The van der Waals surface area contributed by atoms with Crippen molar-refractivity contribution in [3.05, 3.63) is 53.6 Å². The molecule has 2 aromatic rings. The molecule has 1 aromatic heterocycles. The summed E-state index contributed by atoms with van der Waals surface area (Å²) in [6, 6.07) is 4.76. The molecule has 4 atom stereocenters. The molecule has 184 valence electrons. The topological polar surface area (TPSA) is 104 Å². The van der Waals surface area contributed by atoms with Gasteiger partial charge in [-0.25, -0.2) is 4.39 Å². The summed E-state index contributed by atoms with van der Waals surface area (Å²) in [5.41, 5.74) is 1.77. The number of ether oxygens (including phenoxy) is 2. The molecule has 34 heavy (non-hydrogen) atoms. The Balaban J connectivity index is 2.06. The zero-order chi connectivity index (χ0) is 25.4. The SMILES string of the molecule is C[C@@H]1[C@H](c2ccc(F)cc2OC(F)F)[C@@H](C(=O)Nc2ccnc(C(N)=O)c2)O[C@@]1(C)C(F)(F)F. The molecule has 2 amide bonds. The number of benzene rings is 1. The molecule has 1 saturated heterocycles. The Labute approximate surface area is 189 Å². The molecule has 1 aromatic carbocycles. The smallest absolute Gasteiger partial charge is 0.417 e. The second-order valence-electron chi connectivity index (χ2n) is 7.80. The van der Waals surface area contributed by atoms with Gasteiger partial charge in [-0.15, -0.1) is 0 Å². The third-order valence-electron chi connectivity index (χ3n) is 5.76. The van der Waals surface area contributed by atoms with Gasteiger partial charge in [0.25, 0.3) is 11.8 Å². The van der Waals surface area contributed by atoms with Crippen molar-refractivity contribution in [1.82, 2.24) is 4.98 Å². The number of nitrogens with zero attached hydrogens (tertiary/aromatic N) is 1. The van der Waals surface area contributed by atoms with E-state index in [0.29, 0.717) is 6.07 Å². The fourth-order valence-corrected chi connectivity index (χ4v) is 3.86. The molecule has 0 unspecified atom stereocenters. The van der Waals surface area contributed by atoms with Crippen molar-refractivity contribution in [1.29, 1.82) is 0 Å². The van der Waals surface area contributed by atoms with Crippen LogP contribution in [0.5, 0.6) is 5.75 Å². The van der Waals surface area contributed by atoms with Crippen LogP contribution in [0, 0.1) is 11.7 Å². The Hall–Kier alpha value is -3.35. The summed E-state index contributed by atoms with van der Waals surface area (Å²) in [4.78, 5) is 28.0. The van der Waals surface area contributed by atoms with E-state index in [1.807, 2.05) is 0 Å². The van der Waals surface area contributed by atoms with Crippen LogP contribution in [-0.2, 0) is 9.53 Å². The first-order valence-corrected chi connectivity index (χ1v) is 9.80. The van der Waals surface area contributed by atoms with E-state index in [0.717, 1.165) is 38.2 Å². The van der Waals surface area contributed by atoms with Gasteiger partial charge in [0.05, 0.1) is 0 Å². The summed E-state index contributed by atoms with van der Waals surface area (Å²) in [5, 5.41) is 2.32. The molecule has 1 fully saturated rings. The van der Waals surface area contributed by atoms with Crippen LogP contribution < -0.4 is 15.8 Å². The predicted octanol–water partition coefficient (Wildman–Crippen LogP) is 4.00. The highest BCUT2D eigenvalue weighted by molar-refractivity contribution is 5.97. The van der Waals surface area contributed by atoms with Gasteiger partial charge in [0.15, 0.2) is 5.60 Å². The molecule has 0 spiro atoms. The number of aromatic nitrogens is 1. The molecule has 13 heteroatoms. The number of halogens is 6. The average molecular weight is 491 g/mol.